The molecule has 0 aliphatic heterocycles. The lowest BCUT2D eigenvalue weighted by Crippen LogP contribution is -2.22. The maximum absolute atomic E-state index is 11.1. The van der Waals surface area contributed by atoms with E-state index in [4.69, 9.17) is 5.11 Å². The maximum atomic E-state index is 11.1. The second-order valence-electron chi connectivity index (χ2n) is 4.89. The first kappa shape index (κ1) is 14.3. The lowest BCUT2D eigenvalue weighted by molar-refractivity contribution is 0.0695. The Hall–Kier alpha value is -2.14. The molecule has 106 valence electrons. The second-order valence-corrected chi connectivity index (χ2v) is 4.89. The average Bonchev–Trinajstić information content (AvgIpc) is 2.78. The molecule has 0 unspecified atom stereocenters. The fraction of sp³-hybridized carbons (Fsp3) is 0.333. The first-order valence-corrected chi connectivity index (χ1v) is 6.53. The van der Waals surface area contributed by atoms with Crippen molar-refractivity contribution >= 4 is 5.97 Å². The van der Waals surface area contributed by atoms with Crippen LogP contribution in [0.3, 0.4) is 0 Å². The molecule has 0 aliphatic rings. The van der Waals surface area contributed by atoms with Crippen molar-refractivity contribution in [2.45, 2.75) is 26.4 Å². The molecule has 0 amide bonds. The van der Waals surface area contributed by atoms with Gasteiger partial charge in [-0.15, -0.1) is 0 Å². The maximum Gasteiger partial charge on any atom is 0.339 e. The molecule has 5 heteroatoms. The van der Waals surface area contributed by atoms with E-state index in [1.54, 1.807) is 11.7 Å². The van der Waals surface area contributed by atoms with E-state index in [9.17, 15) is 4.79 Å². The Bertz CT molecular complexity index is 619. The number of nitrogens with zero attached hydrogens (tertiary/aromatic N) is 2. The van der Waals surface area contributed by atoms with Crippen LogP contribution >= 0.6 is 0 Å². The van der Waals surface area contributed by atoms with E-state index >= 15 is 0 Å². The smallest absolute Gasteiger partial charge is 0.339 e. The zero-order chi connectivity index (χ0) is 14.7. The van der Waals surface area contributed by atoms with Crippen LogP contribution in [0.25, 0.3) is 0 Å². The molecule has 0 fully saturated rings. The lowest BCUT2D eigenvalue weighted by Gasteiger charge is -2.17. The third kappa shape index (κ3) is 2.88. The van der Waals surface area contributed by atoms with Gasteiger partial charge in [0.2, 0.25) is 0 Å². The van der Waals surface area contributed by atoms with Crippen LogP contribution in [-0.4, -0.2) is 20.9 Å². The Morgan fingerprint density at radius 1 is 1.45 bits per heavy atom. The van der Waals surface area contributed by atoms with Crippen molar-refractivity contribution in [3.63, 3.8) is 0 Å². The van der Waals surface area contributed by atoms with Gasteiger partial charge in [-0.3, -0.25) is 4.68 Å². The van der Waals surface area contributed by atoms with Gasteiger partial charge in [0.25, 0.3) is 0 Å². The van der Waals surface area contributed by atoms with Crippen molar-refractivity contribution in [3.8, 4) is 0 Å². The van der Waals surface area contributed by atoms with Gasteiger partial charge >= 0.3 is 5.97 Å². The van der Waals surface area contributed by atoms with Gasteiger partial charge in [0, 0.05) is 19.6 Å². The van der Waals surface area contributed by atoms with Crippen molar-refractivity contribution in [1.29, 1.82) is 0 Å². The van der Waals surface area contributed by atoms with Crippen molar-refractivity contribution in [3.05, 3.63) is 52.8 Å². The van der Waals surface area contributed by atoms with Gasteiger partial charge in [-0.2, -0.15) is 5.10 Å². The summed E-state index contributed by atoms with van der Waals surface area (Å²) in [5.41, 5.74) is 3.36. The predicted octanol–water partition coefficient (Wildman–Crippen LogP) is 2.28. The molecule has 1 aromatic carbocycles. The van der Waals surface area contributed by atoms with Gasteiger partial charge < -0.3 is 10.4 Å². The normalized spacial score (nSPS) is 12.3. The number of benzene rings is 1. The number of nitrogens with one attached hydrogen (secondary N) is 1. The highest BCUT2D eigenvalue weighted by Crippen LogP contribution is 2.17. The summed E-state index contributed by atoms with van der Waals surface area (Å²) < 4.78 is 1.60. The van der Waals surface area contributed by atoms with Crippen molar-refractivity contribution in [2.75, 3.05) is 0 Å². The van der Waals surface area contributed by atoms with Gasteiger partial charge in [-0.05, 0) is 25.0 Å². The number of hydrogen-bond donors (Lipinski definition) is 2. The molecule has 0 aliphatic carbocycles. The highest BCUT2D eigenvalue weighted by Gasteiger charge is 2.16. The first-order valence-electron chi connectivity index (χ1n) is 6.53. The molecule has 5 nitrogen and oxygen atoms in total. The molecule has 1 aromatic heterocycles. The zero-order valence-corrected chi connectivity index (χ0v) is 11.9. The van der Waals surface area contributed by atoms with E-state index in [0.29, 0.717) is 12.2 Å². The fourth-order valence-corrected chi connectivity index (χ4v) is 2.28. The van der Waals surface area contributed by atoms with E-state index in [2.05, 4.69) is 36.4 Å². The van der Waals surface area contributed by atoms with E-state index in [-0.39, 0.29) is 11.6 Å². The molecule has 2 rings (SSSR count). The Balaban J connectivity index is 2.11. The minimum Gasteiger partial charge on any atom is -0.478 e. The third-order valence-corrected chi connectivity index (χ3v) is 3.52. The van der Waals surface area contributed by atoms with Crippen LogP contribution in [0.1, 0.15) is 40.1 Å². The number of rotatable bonds is 5. The Morgan fingerprint density at radius 2 is 2.15 bits per heavy atom. The second kappa shape index (κ2) is 5.88. The molecule has 0 saturated carbocycles. The van der Waals surface area contributed by atoms with Gasteiger partial charge in [0.15, 0.2) is 0 Å². The van der Waals surface area contributed by atoms with Crippen LogP contribution in [0.2, 0.25) is 0 Å². The quantitative estimate of drug-likeness (QED) is 0.877. The molecule has 20 heavy (non-hydrogen) atoms. The van der Waals surface area contributed by atoms with E-state index in [1.807, 2.05) is 12.1 Å². The summed E-state index contributed by atoms with van der Waals surface area (Å²) in [6.07, 6.45) is 1.39. The van der Waals surface area contributed by atoms with Crippen LogP contribution in [0, 0.1) is 6.92 Å². The Morgan fingerprint density at radius 3 is 2.80 bits per heavy atom. The van der Waals surface area contributed by atoms with Crippen LogP contribution in [0.15, 0.2) is 30.5 Å². The number of aromatic carboxylic acids is 1. The molecule has 1 atom stereocenters. The highest BCUT2D eigenvalue weighted by atomic mass is 16.4. The molecule has 0 radical (unpaired) electrons. The number of carboxylic acids is 1. The number of carbonyl (C=O) groups is 1. The number of aromatic nitrogens is 2. The summed E-state index contributed by atoms with van der Waals surface area (Å²) in [6, 6.07) is 8.31. The molecular weight excluding hydrogens is 254 g/mol. The standard InChI is InChI=1S/C15H19N3O2/c1-10-6-4-5-7-12(10)11(2)16-9-14-13(15(19)20)8-17-18(14)3/h4-8,11,16H,9H2,1-3H3,(H,19,20)/t11-/m0/s1. The van der Waals surface area contributed by atoms with Crippen LogP contribution in [-0.2, 0) is 13.6 Å². The van der Waals surface area contributed by atoms with Crippen molar-refractivity contribution < 1.29 is 9.90 Å². The molecule has 0 bridgehead atoms. The average molecular weight is 273 g/mol. The van der Waals surface area contributed by atoms with Crippen molar-refractivity contribution in [1.82, 2.24) is 15.1 Å². The van der Waals surface area contributed by atoms with Gasteiger partial charge in [-0.25, -0.2) is 4.79 Å². The zero-order valence-electron chi connectivity index (χ0n) is 11.9. The number of hydrogen-bond acceptors (Lipinski definition) is 3. The largest absolute Gasteiger partial charge is 0.478 e. The molecule has 2 aromatic rings. The summed E-state index contributed by atoms with van der Waals surface area (Å²) in [5.74, 6) is -0.946. The number of carboxylic acid groups (broad SMARTS) is 1. The van der Waals surface area contributed by atoms with Crippen molar-refractivity contribution in [2.24, 2.45) is 7.05 Å². The Labute approximate surface area is 118 Å². The van der Waals surface area contributed by atoms with Gasteiger partial charge in [0.05, 0.1) is 11.9 Å². The molecule has 0 spiro atoms. The Kier molecular flexibility index (Phi) is 4.20. The van der Waals surface area contributed by atoms with Crippen LogP contribution in [0.5, 0.6) is 0 Å². The summed E-state index contributed by atoms with van der Waals surface area (Å²) in [6.45, 7) is 4.60. The fourth-order valence-electron chi connectivity index (χ4n) is 2.28. The van der Waals surface area contributed by atoms with Crippen LogP contribution < -0.4 is 5.32 Å². The van der Waals surface area contributed by atoms with E-state index in [1.165, 1.54) is 17.3 Å². The SMILES string of the molecule is Cc1ccccc1[C@H](C)NCc1c(C(=O)O)cnn1C. The molecule has 0 saturated heterocycles. The third-order valence-electron chi connectivity index (χ3n) is 3.52. The number of aryl methyl sites for hydroxylation is 2. The highest BCUT2D eigenvalue weighted by molar-refractivity contribution is 5.88. The molecule has 2 N–H and O–H groups in total. The first-order chi connectivity index (χ1) is 9.50. The van der Waals surface area contributed by atoms with Gasteiger partial charge in [-0.1, -0.05) is 24.3 Å². The predicted molar refractivity (Wildman–Crippen MR) is 76.6 cm³/mol. The summed E-state index contributed by atoms with van der Waals surface area (Å²) in [7, 11) is 1.75. The van der Waals surface area contributed by atoms with E-state index in [0.717, 1.165) is 0 Å². The monoisotopic (exact) mass is 273 g/mol. The summed E-state index contributed by atoms with van der Waals surface area (Å²) in [5, 5.41) is 16.5. The van der Waals surface area contributed by atoms with E-state index < -0.39 is 5.97 Å². The summed E-state index contributed by atoms with van der Waals surface area (Å²) >= 11 is 0. The van der Waals surface area contributed by atoms with Crippen LogP contribution in [0.4, 0.5) is 0 Å². The minimum absolute atomic E-state index is 0.146. The topological polar surface area (TPSA) is 67.2 Å². The summed E-state index contributed by atoms with van der Waals surface area (Å²) in [4.78, 5) is 11.1. The lowest BCUT2D eigenvalue weighted by atomic mass is 10.0. The molecule has 1 heterocycles. The molecular formula is C15H19N3O2. The van der Waals surface area contributed by atoms with Gasteiger partial charge in [0.1, 0.15) is 5.56 Å². The minimum atomic E-state index is -0.946.